The van der Waals surface area contributed by atoms with Crippen LogP contribution in [0.3, 0.4) is 0 Å². The summed E-state index contributed by atoms with van der Waals surface area (Å²) in [5.41, 5.74) is 0.00567. The van der Waals surface area contributed by atoms with Crippen molar-refractivity contribution in [2.45, 2.75) is 4.90 Å². The molecule has 0 aliphatic rings. The van der Waals surface area contributed by atoms with Crippen LogP contribution in [0.2, 0.25) is 0 Å². The first-order valence-corrected chi connectivity index (χ1v) is 7.85. The standard InChI is InChI=1S/C16H10F2NO2S.Ti/c17-11-6-8-13(15(18)9-11)14-7-5-10-3-1-2-4-12(10)16(14)22(19,20)21;/h1-8H,(H2,19,20,21);. The topological polar surface area (TPSA) is 60.2 Å². The Hall–Kier alpha value is -1.60. The van der Waals surface area contributed by atoms with Gasteiger partial charge in [-0.3, -0.25) is 0 Å². The van der Waals surface area contributed by atoms with E-state index in [9.17, 15) is 17.2 Å². The van der Waals surface area contributed by atoms with E-state index in [0.717, 1.165) is 6.07 Å². The molecule has 0 saturated heterocycles. The third-order valence-electron chi connectivity index (χ3n) is 3.32. The first-order valence-electron chi connectivity index (χ1n) is 6.30. The second-order valence-corrected chi connectivity index (χ2v) is 6.24. The predicted octanol–water partition coefficient (Wildman–Crippen LogP) is 3.23. The third kappa shape index (κ3) is 3.35. The number of halogens is 2. The van der Waals surface area contributed by atoms with Gasteiger partial charge in [0.05, 0.1) is 11.0 Å². The summed E-state index contributed by atoms with van der Waals surface area (Å²) in [5, 5.41) is 6.34. The minimum absolute atomic E-state index is 0. The first-order chi connectivity index (χ1) is 10.4. The molecule has 0 atom stereocenters. The van der Waals surface area contributed by atoms with Crippen LogP contribution < -0.4 is 5.14 Å². The van der Waals surface area contributed by atoms with Gasteiger partial charge in [0.25, 0.3) is 0 Å². The molecular formula is C16H10F2NO2STi. The third-order valence-corrected chi connectivity index (χ3v) is 4.33. The molecule has 3 rings (SSSR count). The Kier molecular flexibility index (Phi) is 5.01. The van der Waals surface area contributed by atoms with Crippen LogP contribution in [-0.4, -0.2) is 8.42 Å². The molecule has 1 radical (unpaired) electrons. The number of hydrogen-bond donors (Lipinski definition) is 1. The minimum Gasteiger partial charge on any atom is -0.225 e. The van der Waals surface area contributed by atoms with Crippen LogP contribution in [0.1, 0.15) is 0 Å². The van der Waals surface area contributed by atoms with Crippen molar-refractivity contribution in [3.05, 3.63) is 66.2 Å². The normalized spacial score (nSPS) is 11.3. The molecule has 0 aliphatic carbocycles. The van der Waals surface area contributed by atoms with E-state index in [1.165, 1.54) is 12.1 Å². The van der Waals surface area contributed by atoms with Gasteiger partial charge in [0, 0.05) is 38.2 Å². The van der Waals surface area contributed by atoms with Crippen molar-refractivity contribution in [2.75, 3.05) is 0 Å². The molecule has 3 aromatic carbocycles. The van der Waals surface area contributed by atoms with Crippen molar-refractivity contribution in [2.24, 2.45) is 5.14 Å². The molecule has 0 bridgehead atoms. The van der Waals surface area contributed by atoms with Gasteiger partial charge in [-0.25, -0.2) is 22.3 Å². The van der Waals surface area contributed by atoms with Crippen LogP contribution in [0.15, 0.2) is 53.4 Å². The molecule has 0 unspecified atom stereocenters. The summed E-state index contributed by atoms with van der Waals surface area (Å²) in [6.07, 6.45) is 0. The number of hydrogen-bond acceptors (Lipinski definition) is 2. The molecule has 0 aromatic heterocycles. The number of sulfonamides is 1. The number of benzene rings is 3. The Morgan fingerprint density at radius 1 is 0.913 bits per heavy atom. The monoisotopic (exact) mass is 366 g/mol. The number of fused-ring (bicyclic) bond motifs is 1. The second kappa shape index (κ2) is 6.49. The van der Waals surface area contributed by atoms with Gasteiger partial charge >= 0.3 is 0 Å². The molecule has 115 valence electrons. The SMILES string of the molecule is NS(=O)(=O)c1c(-c2ccc(F)[c]c2F)ccc2ccccc12.[Ti]. The summed E-state index contributed by atoms with van der Waals surface area (Å²) in [5.74, 6) is -1.83. The zero-order chi connectivity index (χ0) is 15.9. The van der Waals surface area contributed by atoms with Crippen LogP contribution in [0, 0.1) is 17.7 Å². The zero-order valence-corrected chi connectivity index (χ0v) is 14.1. The fraction of sp³-hybridized carbons (Fsp3) is 0. The molecule has 0 aliphatic heterocycles. The van der Waals surface area contributed by atoms with Gasteiger partial charge in [-0.15, -0.1) is 0 Å². The summed E-state index contributed by atoms with van der Waals surface area (Å²) >= 11 is 0. The molecule has 3 nitrogen and oxygen atoms in total. The van der Waals surface area contributed by atoms with E-state index in [2.05, 4.69) is 0 Å². The number of primary sulfonamides is 1. The fourth-order valence-corrected chi connectivity index (χ4v) is 3.39. The molecular weight excluding hydrogens is 356 g/mol. The first kappa shape index (κ1) is 17.8. The van der Waals surface area contributed by atoms with Gasteiger partial charge in [-0.1, -0.05) is 36.4 Å². The summed E-state index contributed by atoms with van der Waals surface area (Å²) < 4.78 is 51.0. The maximum Gasteiger partial charge on any atom is 0.239 e. The van der Waals surface area contributed by atoms with Crippen molar-refractivity contribution in [3.63, 3.8) is 0 Å². The van der Waals surface area contributed by atoms with E-state index < -0.39 is 21.7 Å². The average molecular weight is 366 g/mol. The minimum atomic E-state index is -4.11. The maximum atomic E-state index is 14.0. The average Bonchev–Trinajstić information content (AvgIpc) is 2.45. The van der Waals surface area contributed by atoms with Crippen molar-refractivity contribution in [1.82, 2.24) is 0 Å². The van der Waals surface area contributed by atoms with Gasteiger partial charge in [-0.05, 0) is 17.5 Å². The van der Waals surface area contributed by atoms with E-state index in [0.29, 0.717) is 10.8 Å². The van der Waals surface area contributed by atoms with Crippen molar-refractivity contribution >= 4 is 20.8 Å². The van der Waals surface area contributed by atoms with Gasteiger partial charge in [0.15, 0.2) is 0 Å². The van der Waals surface area contributed by atoms with Gasteiger partial charge in [0.1, 0.15) is 11.6 Å². The number of rotatable bonds is 2. The van der Waals surface area contributed by atoms with E-state index in [-0.39, 0.29) is 37.7 Å². The van der Waals surface area contributed by atoms with E-state index in [1.807, 2.05) is 6.07 Å². The molecule has 3 aromatic rings. The summed E-state index contributed by atoms with van der Waals surface area (Å²) in [4.78, 5) is -0.190. The zero-order valence-electron chi connectivity index (χ0n) is 11.7. The predicted molar refractivity (Wildman–Crippen MR) is 79.5 cm³/mol. The van der Waals surface area contributed by atoms with Gasteiger partial charge in [0.2, 0.25) is 10.0 Å². The molecule has 0 spiro atoms. The Balaban J connectivity index is 0.00000192. The van der Waals surface area contributed by atoms with Crippen LogP contribution >= 0.6 is 0 Å². The van der Waals surface area contributed by atoms with Crippen LogP contribution in [0.25, 0.3) is 21.9 Å². The van der Waals surface area contributed by atoms with E-state index in [4.69, 9.17) is 5.14 Å². The molecule has 23 heavy (non-hydrogen) atoms. The quantitative estimate of drug-likeness (QED) is 0.708. The maximum absolute atomic E-state index is 14.0. The summed E-state index contributed by atoms with van der Waals surface area (Å²) in [6, 6.07) is 13.9. The molecule has 0 fully saturated rings. The van der Waals surface area contributed by atoms with Crippen LogP contribution in [0.4, 0.5) is 8.78 Å². The van der Waals surface area contributed by atoms with Crippen LogP contribution in [-0.2, 0) is 31.7 Å². The Morgan fingerprint density at radius 2 is 1.57 bits per heavy atom. The Bertz CT molecular complexity index is 991. The molecule has 7 heteroatoms. The van der Waals surface area contributed by atoms with E-state index in [1.54, 1.807) is 30.3 Å². The molecule has 0 saturated carbocycles. The van der Waals surface area contributed by atoms with Crippen molar-refractivity contribution in [1.29, 1.82) is 0 Å². The Morgan fingerprint density at radius 3 is 2.22 bits per heavy atom. The van der Waals surface area contributed by atoms with Crippen molar-refractivity contribution in [3.8, 4) is 11.1 Å². The van der Waals surface area contributed by atoms with Gasteiger partial charge in [-0.2, -0.15) is 0 Å². The smallest absolute Gasteiger partial charge is 0.225 e. The summed E-state index contributed by atoms with van der Waals surface area (Å²) in [7, 11) is -4.11. The van der Waals surface area contributed by atoms with Crippen LogP contribution in [0.5, 0.6) is 0 Å². The summed E-state index contributed by atoms with van der Waals surface area (Å²) in [6.45, 7) is 0. The second-order valence-electron chi connectivity index (χ2n) is 4.74. The van der Waals surface area contributed by atoms with E-state index >= 15 is 0 Å². The fourth-order valence-electron chi connectivity index (χ4n) is 2.41. The molecule has 0 amide bonds. The molecule has 0 heterocycles. The largest absolute Gasteiger partial charge is 0.239 e. The van der Waals surface area contributed by atoms with Crippen molar-refractivity contribution < 1.29 is 38.9 Å². The number of nitrogens with two attached hydrogens (primary N) is 1. The molecule has 2 N–H and O–H groups in total. The van der Waals surface area contributed by atoms with Gasteiger partial charge < -0.3 is 0 Å². The Labute approximate surface area is 147 Å².